The number of rotatable bonds is 9. The predicted molar refractivity (Wildman–Crippen MR) is 112 cm³/mol. The standard InChI is InChI=1S/C23H29NO5/c1-5-27-14-15-28-22(26)17-10-12-18(13-11-17)24-21(25)16-29-20-9-7-6-8-19(20)23(2,3)4/h6-13H,5,14-16H2,1-4H3,(H,24,25). The van der Waals surface area contributed by atoms with Crippen LogP contribution in [-0.2, 0) is 19.7 Å². The Hall–Kier alpha value is -2.86. The first kappa shape index (κ1) is 22.4. The lowest BCUT2D eigenvalue weighted by Crippen LogP contribution is -2.22. The van der Waals surface area contributed by atoms with Crippen molar-refractivity contribution in [3.8, 4) is 5.75 Å². The van der Waals surface area contributed by atoms with Gasteiger partial charge in [-0.15, -0.1) is 0 Å². The maximum Gasteiger partial charge on any atom is 0.338 e. The second-order valence-electron chi connectivity index (χ2n) is 7.49. The topological polar surface area (TPSA) is 73.9 Å². The zero-order valence-electron chi connectivity index (χ0n) is 17.5. The van der Waals surface area contributed by atoms with E-state index in [0.29, 0.717) is 30.2 Å². The van der Waals surface area contributed by atoms with Gasteiger partial charge in [0.15, 0.2) is 6.61 Å². The molecular formula is C23H29NO5. The van der Waals surface area contributed by atoms with Crippen LogP contribution in [0.4, 0.5) is 5.69 Å². The Morgan fingerprint density at radius 2 is 1.66 bits per heavy atom. The van der Waals surface area contributed by atoms with Crippen molar-refractivity contribution in [3.05, 3.63) is 59.7 Å². The van der Waals surface area contributed by atoms with E-state index in [9.17, 15) is 9.59 Å². The normalized spacial score (nSPS) is 11.0. The first-order valence-corrected chi connectivity index (χ1v) is 9.68. The first-order chi connectivity index (χ1) is 13.8. The quantitative estimate of drug-likeness (QED) is 0.505. The van der Waals surface area contributed by atoms with Crippen molar-refractivity contribution in [1.82, 2.24) is 0 Å². The number of amides is 1. The van der Waals surface area contributed by atoms with E-state index in [1.165, 1.54) is 0 Å². The van der Waals surface area contributed by atoms with Crippen molar-refractivity contribution in [2.75, 3.05) is 31.7 Å². The molecule has 156 valence electrons. The predicted octanol–water partition coefficient (Wildman–Crippen LogP) is 4.19. The van der Waals surface area contributed by atoms with E-state index in [1.54, 1.807) is 24.3 Å². The van der Waals surface area contributed by atoms with Gasteiger partial charge < -0.3 is 19.5 Å². The maximum atomic E-state index is 12.2. The number of carbonyl (C=O) groups excluding carboxylic acids is 2. The highest BCUT2D eigenvalue weighted by atomic mass is 16.6. The van der Waals surface area contributed by atoms with Gasteiger partial charge in [-0.25, -0.2) is 4.79 Å². The zero-order chi connectivity index (χ0) is 21.3. The number of ether oxygens (including phenoxy) is 3. The molecule has 2 rings (SSSR count). The average molecular weight is 399 g/mol. The molecule has 0 radical (unpaired) electrons. The fourth-order valence-electron chi connectivity index (χ4n) is 2.66. The highest BCUT2D eigenvalue weighted by Gasteiger charge is 2.19. The van der Waals surface area contributed by atoms with Gasteiger partial charge >= 0.3 is 5.97 Å². The van der Waals surface area contributed by atoms with Crippen molar-refractivity contribution >= 4 is 17.6 Å². The Morgan fingerprint density at radius 3 is 2.31 bits per heavy atom. The molecule has 0 unspecified atom stereocenters. The van der Waals surface area contributed by atoms with Crippen molar-refractivity contribution in [2.45, 2.75) is 33.1 Å². The minimum Gasteiger partial charge on any atom is -0.483 e. The number of esters is 1. The third-order valence-electron chi connectivity index (χ3n) is 4.12. The molecule has 0 heterocycles. The van der Waals surface area contributed by atoms with Crippen LogP contribution in [0.3, 0.4) is 0 Å². The van der Waals surface area contributed by atoms with Gasteiger partial charge in [-0.3, -0.25) is 4.79 Å². The van der Waals surface area contributed by atoms with Crippen LogP contribution < -0.4 is 10.1 Å². The Morgan fingerprint density at radius 1 is 0.966 bits per heavy atom. The number of para-hydroxylation sites is 1. The summed E-state index contributed by atoms with van der Waals surface area (Å²) in [6, 6.07) is 14.2. The van der Waals surface area contributed by atoms with Crippen LogP contribution in [0.1, 0.15) is 43.6 Å². The summed E-state index contributed by atoms with van der Waals surface area (Å²) in [4.78, 5) is 24.2. The molecule has 0 aliphatic carbocycles. The summed E-state index contributed by atoms with van der Waals surface area (Å²) in [5.41, 5.74) is 1.95. The van der Waals surface area contributed by atoms with Crippen LogP contribution in [0, 0.1) is 0 Å². The molecular weight excluding hydrogens is 370 g/mol. The lowest BCUT2D eigenvalue weighted by atomic mass is 9.86. The van der Waals surface area contributed by atoms with Crippen LogP contribution in [0.25, 0.3) is 0 Å². The molecule has 0 fully saturated rings. The molecule has 2 aromatic rings. The summed E-state index contributed by atoms with van der Waals surface area (Å²) in [5.74, 6) is -0.00857. The fraction of sp³-hybridized carbons (Fsp3) is 0.391. The number of hydrogen-bond acceptors (Lipinski definition) is 5. The van der Waals surface area contributed by atoms with E-state index in [-0.39, 0.29) is 24.5 Å². The molecule has 0 saturated heterocycles. The molecule has 2 aromatic carbocycles. The SMILES string of the molecule is CCOCCOC(=O)c1ccc(NC(=O)COc2ccccc2C(C)(C)C)cc1. The molecule has 0 atom stereocenters. The molecule has 0 spiro atoms. The molecule has 1 N–H and O–H groups in total. The minimum atomic E-state index is -0.426. The third-order valence-corrected chi connectivity index (χ3v) is 4.12. The fourth-order valence-corrected chi connectivity index (χ4v) is 2.66. The van der Waals surface area contributed by atoms with E-state index < -0.39 is 5.97 Å². The van der Waals surface area contributed by atoms with Gasteiger partial charge in [0.05, 0.1) is 12.2 Å². The molecule has 29 heavy (non-hydrogen) atoms. The van der Waals surface area contributed by atoms with E-state index >= 15 is 0 Å². The van der Waals surface area contributed by atoms with E-state index in [4.69, 9.17) is 14.2 Å². The average Bonchev–Trinajstić information content (AvgIpc) is 2.69. The Bertz CT molecular complexity index is 809. The van der Waals surface area contributed by atoms with Gasteiger partial charge in [0, 0.05) is 12.3 Å². The molecule has 0 aliphatic rings. The molecule has 6 heteroatoms. The maximum absolute atomic E-state index is 12.2. The Labute approximate surface area is 172 Å². The summed E-state index contributed by atoms with van der Waals surface area (Å²) >= 11 is 0. The molecule has 1 amide bonds. The summed E-state index contributed by atoms with van der Waals surface area (Å²) in [6.07, 6.45) is 0. The zero-order valence-corrected chi connectivity index (χ0v) is 17.5. The van der Waals surface area contributed by atoms with E-state index in [1.807, 2.05) is 31.2 Å². The van der Waals surface area contributed by atoms with Crippen molar-refractivity contribution in [3.63, 3.8) is 0 Å². The van der Waals surface area contributed by atoms with Crippen LogP contribution in [0.15, 0.2) is 48.5 Å². The lowest BCUT2D eigenvalue weighted by molar-refractivity contribution is -0.118. The molecule has 0 aromatic heterocycles. The second-order valence-corrected chi connectivity index (χ2v) is 7.49. The Balaban J connectivity index is 1.86. The van der Waals surface area contributed by atoms with Crippen LogP contribution in [0.5, 0.6) is 5.75 Å². The van der Waals surface area contributed by atoms with Gasteiger partial charge in [0.2, 0.25) is 0 Å². The molecule has 0 saturated carbocycles. The summed E-state index contributed by atoms with van der Waals surface area (Å²) < 4.78 is 16.0. The minimum absolute atomic E-state index is 0.0832. The van der Waals surface area contributed by atoms with Crippen molar-refractivity contribution in [1.29, 1.82) is 0 Å². The number of hydrogen-bond donors (Lipinski definition) is 1. The number of anilines is 1. The highest BCUT2D eigenvalue weighted by molar-refractivity contribution is 5.93. The van der Waals surface area contributed by atoms with E-state index in [0.717, 1.165) is 5.56 Å². The number of nitrogens with one attached hydrogen (secondary N) is 1. The van der Waals surface area contributed by atoms with Crippen LogP contribution in [0.2, 0.25) is 0 Å². The number of benzene rings is 2. The summed E-state index contributed by atoms with van der Waals surface area (Å²) in [6.45, 7) is 9.22. The van der Waals surface area contributed by atoms with Gasteiger partial charge in [0.25, 0.3) is 5.91 Å². The number of carbonyl (C=O) groups is 2. The summed E-state index contributed by atoms with van der Waals surface area (Å²) in [7, 11) is 0. The third kappa shape index (κ3) is 7.23. The molecule has 6 nitrogen and oxygen atoms in total. The van der Waals surface area contributed by atoms with Crippen molar-refractivity contribution in [2.24, 2.45) is 0 Å². The monoisotopic (exact) mass is 399 g/mol. The smallest absolute Gasteiger partial charge is 0.338 e. The molecule has 0 bridgehead atoms. The Kier molecular flexibility index (Phi) is 8.21. The largest absolute Gasteiger partial charge is 0.483 e. The molecule has 0 aliphatic heterocycles. The second kappa shape index (κ2) is 10.6. The first-order valence-electron chi connectivity index (χ1n) is 9.68. The van der Waals surface area contributed by atoms with Crippen LogP contribution >= 0.6 is 0 Å². The van der Waals surface area contributed by atoms with Gasteiger partial charge in [-0.2, -0.15) is 0 Å². The van der Waals surface area contributed by atoms with Gasteiger partial charge in [0.1, 0.15) is 12.4 Å². The summed E-state index contributed by atoms with van der Waals surface area (Å²) in [5, 5.41) is 2.76. The van der Waals surface area contributed by atoms with Crippen LogP contribution in [-0.4, -0.2) is 38.3 Å². The highest BCUT2D eigenvalue weighted by Crippen LogP contribution is 2.30. The van der Waals surface area contributed by atoms with Crippen molar-refractivity contribution < 1.29 is 23.8 Å². The van der Waals surface area contributed by atoms with Gasteiger partial charge in [-0.1, -0.05) is 39.0 Å². The van der Waals surface area contributed by atoms with Gasteiger partial charge in [-0.05, 0) is 48.2 Å². The van der Waals surface area contributed by atoms with E-state index in [2.05, 4.69) is 26.1 Å². The lowest BCUT2D eigenvalue weighted by Gasteiger charge is -2.22.